The van der Waals surface area contributed by atoms with E-state index in [2.05, 4.69) is 15.6 Å². The standard InChI is InChI=1S/C20H28ClN3O4/c1-12(2)17(24-19(26)14-7-5-4-6-8-14)20(27)28-13(3)18(25)23-16-10-9-15(21)11-22-16/h9-14,17H,4-8H2,1-3H3,(H,24,26)(H,22,23,25)/t13-,17+/m0/s1. The molecule has 28 heavy (non-hydrogen) atoms. The molecule has 8 heteroatoms. The van der Waals surface area contributed by atoms with Crippen LogP contribution in [0.25, 0.3) is 0 Å². The van der Waals surface area contributed by atoms with Crippen LogP contribution >= 0.6 is 11.6 Å². The summed E-state index contributed by atoms with van der Waals surface area (Å²) in [6.07, 6.45) is 5.28. The zero-order chi connectivity index (χ0) is 20.7. The number of halogens is 1. The summed E-state index contributed by atoms with van der Waals surface area (Å²) in [7, 11) is 0. The molecule has 1 aromatic rings. The maximum absolute atomic E-state index is 12.6. The first-order valence-electron chi connectivity index (χ1n) is 9.71. The van der Waals surface area contributed by atoms with E-state index in [-0.39, 0.29) is 17.7 Å². The van der Waals surface area contributed by atoms with Gasteiger partial charge in [0.1, 0.15) is 11.9 Å². The van der Waals surface area contributed by atoms with Gasteiger partial charge in [-0.1, -0.05) is 44.7 Å². The summed E-state index contributed by atoms with van der Waals surface area (Å²) >= 11 is 5.76. The third-order valence-corrected chi connectivity index (χ3v) is 5.06. The number of esters is 1. The summed E-state index contributed by atoms with van der Waals surface area (Å²) < 4.78 is 5.30. The van der Waals surface area contributed by atoms with Crippen molar-refractivity contribution in [3.05, 3.63) is 23.4 Å². The summed E-state index contributed by atoms with van der Waals surface area (Å²) in [5.41, 5.74) is 0. The van der Waals surface area contributed by atoms with Gasteiger partial charge in [-0.2, -0.15) is 0 Å². The lowest BCUT2D eigenvalue weighted by molar-refractivity contribution is -0.157. The second kappa shape index (κ2) is 10.4. The van der Waals surface area contributed by atoms with Gasteiger partial charge in [-0.3, -0.25) is 9.59 Å². The molecule has 1 saturated carbocycles. The summed E-state index contributed by atoms with van der Waals surface area (Å²) in [6.45, 7) is 5.13. The van der Waals surface area contributed by atoms with Gasteiger partial charge in [-0.05, 0) is 37.8 Å². The Morgan fingerprint density at radius 3 is 2.39 bits per heavy atom. The van der Waals surface area contributed by atoms with Gasteiger partial charge >= 0.3 is 5.97 Å². The Hall–Kier alpha value is -2.15. The quantitative estimate of drug-likeness (QED) is 0.673. The smallest absolute Gasteiger partial charge is 0.329 e. The molecule has 1 heterocycles. The van der Waals surface area contributed by atoms with E-state index < -0.39 is 24.0 Å². The van der Waals surface area contributed by atoms with Crippen LogP contribution in [0.3, 0.4) is 0 Å². The van der Waals surface area contributed by atoms with Gasteiger partial charge in [-0.25, -0.2) is 9.78 Å². The van der Waals surface area contributed by atoms with E-state index in [1.165, 1.54) is 13.1 Å². The predicted octanol–water partition coefficient (Wildman–Crippen LogP) is 3.33. The topological polar surface area (TPSA) is 97.4 Å². The molecule has 1 aliphatic rings. The Balaban J connectivity index is 1.91. The van der Waals surface area contributed by atoms with Crippen molar-refractivity contribution in [3.8, 4) is 0 Å². The van der Waals surface area contributed by atoms with Crippen LogP contribution in [-0.2, 0) is 19.1 Å². The number of rotatable bonds is 7. The average molecular weight is 410 g/mol. The van der Waals surface area contributed by atoms with Crippen LogP contribution in [0.5, 0.6) is 0 Å². The Morgan fingerprint density at radius 2 is 1.82 bits per heavy atom. The van der Waals surface area contributed by atoms with Crippen molar-refractivity contribution < 1.29 is 19.1 Å². The van der Waals surface area contributed by atoms with Crippen LogP contribution in [0.2, 0.25) is 5.02 Å². The average Bonchev–Trinajstić information content (AvgIpc) is 2.67. The Morgan fingerprint density at radius 1 is 1.14 bits per heavy atom. The number of aromatic nitrogens is 1. The highest BCUT2D eigenvalue weighted by Gasteiger charge is 2.31. The SMILES string of the molecule is CC(C)[C@@H](NC(=O)C1CCCCC1)C(=O)O[C@@H](C)C(=O)Nc1ccc(Cl)cn1. The minimum Gasteiger partial charge on any atom is -0.451 e. The van der Waals surface area contributed by atoms with E-state index in [0.29, 0.717) is 10.8 Å². The number of nitrogens with zero attached hydrogens (tertiary/aromatic N) is 1. The molecule has 0 unspecified atom stereocenters. The third-order valence-electron chi connectivity index (χ3n) is 4.84. The minimum atomic E-state index is -1.03. The van der Waals surface area contributed by atoms with E-state index >= 15 is 0 Å². The van der Waals surface area contributed by atoms with Crippen LogP contribution in [0, 0.1) is 11.8 Å². The zero-order valence-corrected chi connectivity index (χ0v) is 17.3. The minimum absolute atomic E-state index is 0.0560. The van der Waals surface area contributed by atoms with Gasteiger partial charge in [0.2, 0.25) is 5.91 Å². The third kappa shape index (κ3) is 6.48. The van der Waals surface area contributed by atoms with Gasteiger partial charge in [-0.15, -0.1) is 0 Å². The molecule has 1 fully saturated rings. The van der Waals surface area contributed by atoms with Crippen LogP contribution in [-0.4, -0.2) is 34.9 Å². The molecule has 1 aliphatic carbocycles. The highest BCUT2D eigenvalue weighted by molar-refractivity contribution is 6.30. The monoisotopic (exact) mass is 409 g/mol. The van der Waals surface area contributed by atoms with Crippen molar-refractivity contribution >= 4 is 35.2 Å². The summed E-state index contributed by atoms with van der Waals surface area (Å²) in [5.74, 6) is -1.15. The number of carbonyl (C=O) groups excluding carboxylic acids is 3. The van der Waals surface area contributed by atoms with Crippen LogP contribution < -0.4 is 10.6 Å². The lowest BCUT2D eigenvalue weighted by atomic mass is 9.88. The summed E-state index contributed by atoms with van der Waals surface area (Å²) in [4.78, 5) is 41.3. The Bertz CT molecular complexity index is 687. The molecule has 0 radical (unpaired) electrons. The van der Waals surface area contributed by atoms with Crippen LogP contribution in [0.4, 0.5) is 5.82 Å². The van der Waals surface area contributed by atoms with Gasteiger partial charge in [0.25, 0.3) is 5.91 Å². The molecular weight excluding hydrogens is 382 g/mol. The fourth-order valence-electron chi connectivity index (χ4n) is 3.11. The molecule has 154 valence electrons. The fraction of sp³-hybridized carbons (Fsp3) is 0.600. The molecule has 2 amide bonds. The maximum atomic E-state index is 12.6. The molecule has 1 aromatic heterocycles. The van der Waals surface area contributed by atoms with E-state index in [1.54, 1.807) is 12.1 Å². The molecule has 2 N–H and O–H groups in total. The van der Waals surface area contributed by atoms with Crippen molar-refractivity contribution in [2.24, 2.45) is 11.8 Å². The maximum Gasteiger partial charge on any atom is 0.329 e. The first-order chi connectivity index (χ1) is 13.3. The van der Waals surface area contributed by atoms with Crippen molar-refractivity contribution in [2.75, 3.05) is 5.32 Å². The lowest BCUT2D eigenvalue weighted by Gasteiger charge is -2.26. The highest BCUT2D eigenvalue weighted by atomic mass is 35.5. The highest BCUT2D eigenvalue weighted by Crippen LogP contribution is 2.24. The van der Waals surface area contributed by atoms with Crippen molar-refractivity contribution in [2.45, 2.75) is 65.0 Å². The molecule has 0 saturated heterocycles. The first kappa shape index (κ1) is 22.1. The second-order valence-electron chi connectivity index (χ2n) is 7.50. The number of amides is 2. The molecule has 2 atom stereocenters. The molecular formula is C20H28ClN3O4. The number of hydrogen-bond donors (Lipinski definition) is 2. The lowest BCUT2D eigenvalue weighted by Crippen LogP contribution is -2.49. The summed E-state index contributed by atoms with van der Waals surface area (Å²) in [5, 5.41) is 5.83. The predicted molar refractivity (Wildman–Crippen MR) is 107 cm³/mol. The van der Waals surface area contributed by atoms with Gasteiger partial charge < -0.3 is 15.4 Å². The van der Waals surface area contributed by atoms with Crippen molar-refractivity contribution in [3.63, 3.8) is 0 Å². The number of pyridine rings is 1. The Labute approximate surface area is 170 Å². The van der Waals surface area contributed by atoms with Crippen molar-refractivity contribution in [1.82, 2.24) is 10.3 Å². The number of ether oxygens (including phenoxy) is 1. The molecule has 2 rings (SSSR count). The first-order valence-corrected chi connectivity index (χ1v) is 10.1. The van der Waals surface area contributed by atoms with E-state index in [9.17, 15) is 14.4 Å². The summed E-state index contributed by atoms with van der Waals surface area (Å²) in [6, 6.07) is 2.35. The molecule has 0 bridgehead atoms. The fourth-order valence-corrected chi connectivity index (χ4v) is 3.22. The molecule has 0 aromatic carbocycles. The molecule has 0 spiro atoms. The van der Waals surface area contributed by atoms with Gasteiger partial charge in [0.15, 0.2) is 6.10 Å². The van der Waals surface area contributed by atoms with Gasteiger partial charge in [0, 0.05) is 12.1 Å². The van der Waals surface area contributed by atoms with Crippen molar-refractivity contribution in [1.29, 1.82) is 0 Å². The number of nitrogens with one attached hydrogen (secondary N) is 2. The van der Waals surface area contributed by atoms with E-state index in [0.717, 1.165) is 32.1 Å². The van der Waals surface area contributed by atoms with E-state index in [4.69, 9.17) is 16.3 Å². The van der Waals surface area contributed by atoms with Crippen LogP contribution in [0.15, 0.2) is 18.3 Å². The Kier molecular flexibility index (Phi) is 8.23. The van der Waals surface area contributed by atoms with Crippen LogP contribution in [0.1, 0.15) is 52.9 Å². The molecule has 7 nitrogen and oxygen atoms in total. The second-order valence-corrected chi connectivity index (χ2v) is 7.93. The number of carbonyl (C=O) groups is 3. The van der Waals surface area contributed by atoms with E-state index in [1.807, 2.05) is 13.8 Å². The van der Waals surface area contributed by atoms with Gasteiger partial charge in [0.05, 0.1) is 5.02 Å². The number of anilines is 1. The number of hydrogen-bond acceptors (Lipinski definition) is 5. The molecule has 0 aliphatic heterocycles. The zero-order valence-electron chi connectivity index (χ0n) is 16.5. The largest absolute Gasteiger partial charge is 0.451 e. The normalized spacial score (nSPS) is 16.9.